The van der Waals surface area contributed by atoms with E-state index in [1.807, 2.05) is 6.92 Å². The summed E-state index contributed by atoms with van der Waals surface area (Å²) in [6.07, 6.45) is 0. The van der Waals surface area contributed by atoms with Gasteiger partial charge >= 0.3 is 0 Å². The van der Waals surface area contributed by atoms with E-state index in [0.717, 1.165) is 11.6 Å². The summed E-state index contributed by atoms with van der Waals surface area (Å²) in [6.45, 7) is 1.94. The minimum Gasteiger partial charge on any atom is -0.324 e. The minimum atomic E-state index is -3.74. The number of nitrogens with two attached hydrogens (primary N) is 1. The Labute approximate surface area is 156 Å². The van der Waals surface area contributed by atoms with Crippen LogP contribution in [0.15, 0.2) is 47.4 Å². The number of benzene rings is 2. The first-order chi connectivity index (χ1) is 12.1. The van der Waals surface area contributed by atoms with Gasteiger partial charge in [-0.05, 0) is 49.9 Å². The van der Waals surface area contributed by atoms with Crippen molar-refractivity contribution in [1.82, 2.24) is 4.90 Å². The van der Waals surface area contributed by atoms with Gasteiger partial charge in [-0.15, -0.1) is 0 Å². The van der Waals surface area contributed by atoms with E-state index in [1.54, 1.807) is 24.1 Å². The molecule has 0 aliphatic rings. The highest BCUT2D eigenvalue weighted by molar-refractivity contribution is 7.89. The molecule has 0 saturated carbocycles. The van der Waals surface area contributed by atoms with Crippen molar-refractivity contribution in [2.75, 3.05) is 18.9 Å². The fourth-order valence-electron chi connectivity index (χ4n) is 2.33. The van der Waals surface area contributed by atoms with Crippen molar-refractivity contribution in [2.45, 2.75) is 17.9 Å². The fraction of sp³-hybridized carbons (Fsp3) is 0.235. The number of amides is 1. The number of carbonyl (C=O) groups is 1. The van der Waals surface area contributed by atoms with Crippen LogP contribution >= 0.6 is 11.6 Å². The second kappa shape index (κ2) is 8.13. The summed E-state index contributed by atoms with van der Waals surface area (Å²) in [4.78, 5) is 14.0. The molecule has 0 aliphatic carbocycles. The topological polar surface area (TPSA) is 92.5 Å². The summed E-state index contributed by atoms with van der Waals surface area (Å²) in [5.74, 6) is -0.796. The van der Waals surface area contributed by atoms with Crippen molar-refractivity contribution in [2.24, 2.45) is 5.14 Å². The second-order valence-corrected chi connectivity index (χ2v) is 7.85. The molecule has 6 nitrogen and oxygen atoms in total. The van der Waals surface area contributed by atoms with Crippen molar-refractivity contribution in [3.8, 4) is 0 Å². The van der Waals surface area contributed by atoms with Crippen molar-refractivity contribution in [3.05, 3.63) is 58.9 Å². The Morgan fingerprint density at radius 1 is 1.27 bits per heavy atom. The summed E-state index contributed by atoms with van der Waals surface area (Å²) in [7, 11) is -1.99. The van der Waals surface area contributed by atoms with Gasteiger partial charge < -0.3 is 5.32 Å². The third-order valence-electron chi connectivity index (χ3n) is 3.95. The maximum absolute atomic E-state index is 13.0. The third kappa shape index (κ3) is 5.25. The summed E-state index contributed by atoms with van der Waals surface area (Å²) in [5.41, 5.74) is 1.16. The standard InChI is InChI=1S/C17H19ClFN3O3S/c1-11(12-3-6-14(7-4-12)26(20,24)25)22(2)10-17(23)21-16-8-5-13(19)9-15(16)18/h3-9,11H,10H2,1-2H3,(H,21,23)(H2,20,24,25). The predicted molar refractivity (Wildman–Crippen MR) is 98.9 cm³/mol. The molecule has 1 amide bonds. The molecule has 0 saturated heterocycles. The van der Waals surface area contributed by atoms with E-state index in [9.17, 15) is 17.6 Å². The first-order valence-corrected chi connectivity index (χ1v) is 9.58. The van der Waals surface area contributed by atoms with Crippen LogP contribution in [-0.2, 0) is 14.8 Å². The molecule has 0 fully saturated rings. The Balaban J connectivity index is 2.01. The smallest absolute Gasteiger partial charge is 0.238 e. The average molecular weight is 400 g/mol. The number of anilines is 1. The molecular formula is C17H19ClFN3O3S. The monoisotopic (exact) mass is 399 g/mol. The van der Waals surface area contributed by atoms with Crippen molar-refractivity contribution in [3.63, 3.8) is 0 Å². The Morgan fingerprint density at radius 3 is 2.42 bits per heavy atom. The quantitative estimate of drug-likeness (QED) is 0.781. The molecule has 26 heavy (non-hydrogen) atoms. The van der Waals surface area contributed by atoms with Gasteiger partial charge in [0.05, 0.1) is 22.2 Å². The van der Waals surface area contributed by atoms with Gasteiger partial charge in [-0.1, -0.05) is 23.7 Å². The summed E-state index contributed by atoms with van der Waals surface area (Å²) >= 11 is 5.89. The molecule has 0 spiro atoms. The normalized spacial score (nSPS) is 12.8. The van der Waals surface area contributed by atoms with Gasteiger partial charge in [-0.3, -0.25) is 9.69 Å². The van der Waals surface area contributed by atoms with E-state index in [4.69, 9.17) is 16.7 Å². The van der Waals surface area contributed by atoms with Gasteiger partial charge in [0.1, 0.15) is 5.82 Å². The highest BCUT2D eigenvalue weighted by atomic mass is 35.5. The molecule has 2 aromatic rings. The molecule has 0 heterocycles. The average Bonchev–Trinajstić information content (AvgIpc) is 2.56. The molecule has 2 rings (SSSR count). The zero-order valence-electron chi connectivity index (χ0n) is 14.2. The molecule has 1 unspecified atom stereocenters. The van der Waals surface area contributed by atoms with Gasteiger partial charge in [0.25, 0.3) is 0 Å². The van der Waals surface area contributed by atoms with Crippen molar-refractivity contribution >= 4 is 33.2 Å². The lowest BCUT2D eigenvalue weighted by Crippen LogP contribution is -2.32. The molecule has 0 aliphatic heterocycles. The largest absolute Gasteiger partial charge is 0.324 e. The first kappa shape index (κ1) is 20.3. The molecule has 9 heteroatoms. The number of carbonyl (C=O) groups excluding carboxylic acids is 1. The van der Waals surface area contributed by atoms with Crippen LogP contribution in [0, 0.1) is 5.82 Å². The maximum atomic E-state index is 13.0. The molecule has 3 N–H and O–H groups in total. The summed E-state index contributed by atoms with van der Waals surface area (Å²) in [5, 5.41) is 7.82. The van der Waals surface area contributed by atoms with Crippen LogP contribution < -0.4 is 10.5 Å². The number of nitrogens with one attached hydrogen (secondary N) is 1. The van der Waals surface area contributed by atoms with Crippen LogP contribution in [0.5, 0.6) is 0 Å². The lowest BCUT2D eigenvalue weighted by atomic mass is 10.1. The van der Waals surface area contributed by atoms with Gasteiger partial charge in [0.15, 0.2) is 0 Å². The SMILES string of the molecule is CC(c1ccc(S(N)(=O)=O)cc1)N(C)CC(=O)Nc1ccc(F)cc1Cl. The Hall–Kier alpha value is -2.00. The number of hydrogen-bond acceptors (Lipinski definition) is 4. The molecule has 0 aromatic heterocycles. The molecule has 2 aromatic carbocycles. The fourth-order valence-corrected chi connectivity index (χ4v) is 3.06. The van der Waals surface area contributed by atoms with Crippen LogP contribution in [-0.4, -0.2) is 32.8 Å². The molecular weight excluding hydrogens is 381 g/mol. The van der Waals surface area contributed by atoms with E-state index >= 15 is 0 Å². The number of rotatable bonds is 6. The zero-order valence-corrected chi connectivity index (χ0v) is 15.8. The molecule has 0 radical (unpaired) electrons. The molecule has 140 valence electrons. The van der Waals surface area contributed by atoms with E-state index < -0.39 is 15.8 Å². The molecule has 1 atom stereocenters. The van der Waals surface area contributed by atoms with Crippen LogP contribution in [0.1, 0.15) is 18.5 Å². The Kier molecular flexibility index (Phi) is 6.35. The number of likely N-dealkylation sites (N-methyl/N-ethyl adjacent to an activating group) is 1. The number of nitrogens with zero attached hydrogens (tertiary/aromatic N) is 1. The molecule has 0 bridgehead atoms. The second-order valence-electron chi connectivity index (χ2n) is 5.88. The minimum absolute atomic E-state index is 0.0276. The lowest BCUT2D eigenvalue weighted by molar-refractivity contribution is -0.117. The lowest BCUT2D eigenvalue weighted by Gasteiger charge is -2.24. The number of halogens is 2. The van der Waals surface area contributed by atoms with E-state index in [-0.39, 0.29) is 28.4 Å². The number of sulfonamides is 1. The third-order valence-corrected chi connectivity index (χ3v) is 5.19. The van der Waals surface area contributed by atoms with Gasteiger partial charge in [0, 0.05) is 6.04 Å². The zero-order chi connectivity index (χ0) is 19.5. The van der Waals surface area contributed by atoms with Crippen LogP contribution in [0.3, 0.4) is 0 Å². The maximum Gasteiger partial charge on any atom is 0.238 e. The van der Waals surface area contributed by atoms with Crippen molar-refractivity contribution < 1.29 is 17.6 Å². The Bertz CT molecular complexity index is 904. The Morgan fingerprint density at radius 2 is 1.88 bits per heavy atom. The van der Waals surface area contributed by atoms with Crippen LogP contribution in [0.25, 0.3) is 0 Å². The number of hydrogen-bond donors (Lipinski definition) is 2. The first-order valence-electron chi connectivity index (χ1n) is 7.66. The van der Waals surface area contributed by atoms with Crippen LogP contribution in [0.4, 0.5) is 10.1 Å². The van der Waals surface area contributed by atoms with Gasteiger partial charge in [-0.25, -0.2) is 17.9 Å². The van der Waals surface area contributed by atoms with E-state index in [2.05, 4.69) is 5.32 Å². The summed E-state index contributed by atoms with van der Waals surface area (Å²) < 4.78 is 35.6. The van der Waals surface area contributed by atoms with E-state index in [0.29, 0.717) is 5.69 Å². The highest BCUT2D eigenvalue weighted by Gasteiger charge is 2.17. The highest BCUT2D eigenvalue weighted by Crippen LogP contribution is 2.23. The predicted octanol–water partition coefficient (Wildman–Crippen LogP) is 2.76. The van der Waals surface area contributed by atoms with E-state index in [1.165, 1.54) is 24.3 Å². The van der Waals surface area contributed by atoms with Gasteiger partial charge in [-0.2, -0.15) is 0 Å². The van der Waals surface area contributed by atoms with Gasteiger partial charge in [0.2, 0.25) is 15.9 Å². The van der Waals surface area contributed by atoms with Crippen molar-refractivity contribution in [1.29, 1.82) is 0 Å². The van der Waals surface area contributed by atoms with Crippen LogP contribution in [0.2, 0.25) is 5.02 Å². The summed E-state index contributed by atoms with van der Waals surface area (Å²) in [6, 6.07) is 9.72. The number of primary sulfonamides is 1.